The van der Waals surface area contributed by atoms with E-state index in [4.69, 9.17) is 9.47 Å². The third-order valence-corrected chi connectivity index (χ3v) is 5.05. The fraction of sp³-hybridized carbons (Fsp3) is 0.211. The van der Waals surface area contributed by atoms with Gasteiger partial charge in [0.1, 0.15) is 0 Å². The van der Waals surface area contributed by atoms with Crippen LogP contribution in [0, 0.1) is 0 Å². The first-order valence-corrected chi connectivity index (χ1v) is 9.89. The average Bonchev–Trinajstić information content (AvgIpc) is 3.13. The minimum Gasteiger partial charge on any atom is -0.454 e. The second-order valence-corrected chi connectivity index (χ2v) is 7.60. The van der Waals surface area contributed by atoms with Crippen LogP contribution in [0.15, 0.2) is 53.9 Å². The highest BCUT2D eigenvalue weighted by Gasteiger charge is 2.19. The van der Waals surface area contributed by atoms with E-state index in [0.29, 0.717) is 11.5 Å². The van der Waals surface area contributed by atoms with Crippen LogP contribution in [-0.2, 0) is 21.4 Å². The number of ether oxygens (including phenoxy) is 2. The molecule has 1 aliphatic heterocycles. The first-order chi connectivity index (χ1) is 12.9. The number of sulfonamides is 1. The maximum absolute atomic E-state index is 12.2. The third kappa shape index (κ3) is 5.32. The Balaban J connectivity index is 1.53. The largest absolute Gasteiger partial charge is 0.454 e. The maximum atomic E-state index is 12.2. The fourth-order valence-electron chi connectivity index (χ4n) is 2.46. The van der Waals surface area contributed by atoms with E-state index in [0.717, 1.165) is 16.5 Å². The molecule has 2 aromatic carbocycles. The van der Waals surface area contributed by atoms with Crippen molar-refractivity contribution in [2.24, 2.45) is 0 Å². The number of hydrogen-bond acceptors (Lipinski definition) is 5. The topological polar surface area (TPSA) is 93.7 Å². The van der Waals surface area contributed by atoms with Gasteiger partial charge in [0.25, 0.3) is 0 Å². The lowest BCUT2D eigenvalue weighted by molar-refractivity contribution is -0.122. The summed E-state index contributed by atoms with van der Waals surface area (Å²) in [5, 5.41) is 3.75. The van der Waals surface area contributed by atoms with Gasteiger partial charge in [-0.15, -0.1) is 0 Å². The Kier molecular flexibility index (Phi) is 5.78. The van der Waals surface area contributed by atoms with Crippen LogP contribution < -0.4 is 19.5 Å². The molecule has 2 aromatic rings. The van der Waals surface area contributed by atoms with E-state index in [2.05, 4.69) is 10.0 Å². The summed E-state index contributed by atoms with van der Waals surface area (Å²) in [6, 6.07) is 13.5. The number of amides is 1. The quantitative estimate of drug-likeness (QED) is 0.757. The number of nitrogens with one attached hydrogen (secondary N) is 2. The van der Waals surface area contributed by atoms with Crippen molar-refractivity contribution in [1.29, 1.82) is 0 Å². The minimum absolute atomic E-state index is 0.181. The molecule has 0 aliphatic carbocycles. The van der Waals surface area contributed by atoms with Crippen molar-refractivity contribution in [3.63, 3.8) is 0 Å². The Morgan fingerprint density at radius 2 is 1.89 bits per heavy atom. The van der Waals surface area contributed by atoms with Crippen LogP contribution in [0.5, 0.6) is 11.5 Å². The molecule has 3 rings (SSSR count). The van der Waals surface area contributed by atoms with Gasteiger partial charge in [-0.25, -0.2) is 8.42 Å². The molecule has 2 N–H and O–H groups in total. The number of carbonyl (C=O) groups excluding carboxylic acids is 1. The van der Waals surface area contributed by atoms with Crippen LogP contribution in [0.1, 0.15) is 18.1 Å². The fourth-order valence-corrected chi connectivity index (χ4v) is 3.48. The van der Waals surface area contributed by atoms with Crippen LogP contribution in [-0.4, -0.2) is 27.2 Å². The van der Waals surface area contributed by atoms with Crippen LogP contribution in [0.2, 0.25) is 0 Å². The normalized spacial score (nSPS) is 14.3. The molecular weight excluding hydrogens is 368 g/mol. The number of rotatable bonds is 7. The SMILES string of the molecule is CC(NS(=O)(=O)C=Cc1ccccc1)C(=O)NCc1ccc2c(c1)OCO2. The van der Waals surface area contributed by atoms with E-state index in [1.54, 1.807) is 24.3 Å². The monoisotopic (exact) mass is 388 g/mol. The van der Waals surface area contributed by atoms with E-state index < -0.39 is 22.0 Å². The molecule has 0 spiro atoms. The standard InChI is InChI=1S/C19H20N2O5S/c1-14(21-27(23,24)10-9-15-5-3-2-4-6-15)19(22)20-12-16-7-8-17-18(11-16)26-13-25-17/h2-11,14,21H,12-13H2,1H3,(H,20,22). The van der Waals surface area contributed by atoms with Crippen LogP contribution in [0.3, 0.4) is 0 Å². The predicted molar refractivity (Wildman–Crippen MR) is 101 cm³/mol. The zero-order valence-electron chi connectivity index (χ0n) is 14.7. The number of fused-ring (bicyclic) bond motifs is 1. The summed E-state index contributed by atoms with van der Waals surface area (Å²) in [5.41, 5.74) is 1.58. The van der Waals surface area contributed by atoms with E-state index in [1.165, 1.54) is 13.0 Å². The van der Waals surface area contributed by atoms with Gasteiger partial charge in [0.15, 0.2) is 11.5 Å². The lowest BCUT2D eigenvalue weighted by atomic mass is 10.2. The second kappa shape index (κ2) is 8.24. The number of carbonyl (C=O) groups is 1. The molecule has 7 nitrogen and oxygen atoms in total. The van der Waals surface area contributed by atoms with Gasteiger partial charge >= 0.3 is 0 Å². The highest BCUT2D eigenvalue weighted by Crippen LogP contribution is 2.32. The van der Waals surface area contributed by atoms with Gasteiger partial charge in [0.2, 0.25) is 22.7 Å². The average molecular weight is 388 g/mol. The highest BCUT2D eigenvalue weighted by atomic mass is 32.2. The molecular formula is C19H20N2O5S. The minimum atomic E-state index is -3.74. The van der Waals surface area contributed by atoms with Gasteiger partial charge in [0.05, 0.1) is 6.04 Å². The van der Waals surface area contributed by atoms with Crippen molar-refractivity contribution in [3.05, 3.63) is 65.1 Å². The third-order valence-electron chi connectivity index (χ3n) is 3.88. The molecule has 142 valence electrons. The van der Waals surface area contributed by atoms with Gasteiger partial charge < -0.3 is 14.8 Å². The van der Waals surface area contributed by atoms with Crippen molar-refractivity contribution < 1.29 is 22.7 Å². The van der Waals surface area contributed by atoms with E-state index in [-0.39, 0.29) is 13.3 Å². The van der Waals surface area contributed by atoms with Crippen LogP contribution in [0.25, 0.3) is 6.08 Å². The summed E-state index contributed by atoms with van der Waals surface area (Å²) in [6.45, 7) is 1.92. The van der Waals surface area contributed by atoms with Crippen molar-refractivity contribution in [1.82, 2.24) is 10.0 Å². The highest BCUT2D eigenvalue weighted by molar-refractivity contribution is 7.92. The van der Waals surface area contributed by atoms with E-state index >= 15 is 0 Å². The van der Waals surface area contributed by atoms with Gasteiger partial charge in [-0.1, -0.05) is 36.4 Å². The van der Waals surface area contributed by atoms with Gasteiger partial charge in [-0.2, -0.15) is 4.72 Å². The van der Waals surface area contributed by atoms with Gasteiger partial charge in [0, 0.05) is 12.0 Å². The molecule has 1 atom stereocenters. The molecule has 0 aromatic heterocycles. The van der Waals surface area contributed by atoms with E-state index in [9.17, 15) is 13.2 Å². The summed E-state index contributed by atoms with van der Waals surface area (Å²) in [4.78, 5) is 12.2. The Bertz CT molecular complexity index is 942. The molecule has 1 unspecified atom stereocenters. The van der Waals surface area contributed by atoms with Crippen molar-refractivity contribution in [2.75, 3.05) is 6.79 Å². The molecule has 0 fully saturated rings. The summed E-state index contributed by atoms with van der Waals surface area (Å²) in [5.74, 6) is 0.863. The number of hydrogen-bond donors (Lipinski definition) is 2. The van der Waals surface area contributed by atoms with Crippen molar-refractivity contribution in [3.8, 4) is 11.5 Å². The lowest BCUT2D eigenvalue weighted by Gasteiger charge is -2.13. The molecule has 1 heterocycles. The summed E-state index contributed by atoms with van der Waals surface area (Å²) < 4.78 is 37.1. The molecule has 0 saturated heterocycles. The number of benzene rings is 2. The molecule has 0 radical (unpaired) electrons. The Labute approximate surface area is 158 Å². The predicted octanol–water partition coefficient (Wildman–Crippen LogP) is 2.01. The molecule has 1 aliphatic rings. The lowest BCUT2D eigenvalue weighted by Crippen LogP contribution is -2.43. The van der Waals surface area contributed by atoms with Crippen molar-refractivity contribution in [2.45, 2.75) is 19.5 Å². The summed E-state index contributed by atoms with van der Waals surface area (Å²) in [7, 11) is -3.74. The Hall–Kier alpha value is -2.84. The zero-order chi connectivity index (χ0) is 19.3. The van der Waals surface area contributed by atoms with Crippen LogP contribution in [0.4, 0.5) is 0 Å². The van der Waals surface area contributed by atoms with Gasteiger partial charge in [-0.05, 0) is 36.3 Å². The van der Waals surface area contributed by atoms with Crippen molar-refractivity contribution >= 4 is 22.0 Å². The molecule has 0 bridgehead atoms. The first kappa shape index (κ1) is 18.9. The molecule has 1 amide bonds. The molecule has 0 saturated carbocycles. The smallest absolute Gasteiger partial charge is 0.238 e. The van der Waals surface area contributed by atoms with Gasteiger partial charge in [-0.3, -0.25) is 4.79 Å². The van der Waals surface area contributed by atoms with E-state index in [1.807, 2.05) is 24.3 Å². The first-order valence-electron chi connectivity index (χ1n) is 8.35. The maximum Gasteiger partial charge on any atom is 0.238 e. The Morgan fingerprint density at radius 3 is 2.67 bits per heavy atom. The van der Waals surface area contributed by atoms with Crippen LogP contribution >= 0.6 is 0 Å². The zero-order valence-corrected chi connectivity index (χ0v) is 15.5. The Morgan fingerprint density at radius 1 is 1.15 bits per heavy atom. The molecule has 27 heavy (non-hydrogen) atoms. The second-order valence-electron chi connectivity index (χ2n) is 6.00. The summed E-state index contributed by atoms with van der Waals surface area (Å²) in [6.07, 6.45) is 1.47. The summed E-state index contributed by atoms with van der Waals surface area (Å²) >= 11 is 0. The molecule has 8 heteroatoms.